The van der Waals surface area contributed by atoms with Crippen molar-refractivity contribution in [2.75, 3.05) is 18.9 Å². The molecule has 1 aliphatic heterocycles. The number of nitrogens with zero attached hydrogens (tertiary/aromatic N) is 4. The van der Waals surface area contributed by atoms with Gasteiger partial charge < -0.3 is 29.9 Å². The Kier molecular flexibility index (Phi) is 9.22. The van der Waals surface area contributed by atoms with E-state index in [1.54, 1.807) is 30.3 Å². The van der Waals surface area contributed by atoms with E-state index in [-0.39, 0.29) is 29.3 Å². The highest BCUT2D eigenvalue weighted by atomic mass is 31.2. The number of aliphatic hydroxyl groups excluding tert-OH is 2. The van der Waals surface area contributed by atoms with Crippen LogP contribution >= 0.6 is 7.75 Å². The zero-order valence-corrected chi connectivity index (χ0v) is 24.6. The minimum absolute atomic E-state index is 0.140. The van der Waals surface area contributed by atoms with Crippen molar-refractivity contribution < 1.29 is 38.1 Å². The number of carbonyl (C=O) groups excluding carboxylic acids is 1. The van der Waals surface area contributed by atoms with Gasteiger partial charge in [-0.05, 0) is 43.0 Å². The molecule has 3 aromatic rings. The molecule has 1 aromatic carbocycles. The van der Waals surface area contributed by atoms with Crippen LogP contribution < -0.4 is 15.3 Å². The zero-order valence-electron chi connectivity index (χ0n) is 23.7. The molecular weight excluding hydrogens is 567 g/mol. The molecule has 0 aliphatic carbocycles. The quantitative estimate of drug-likeness (QED) is 0.174. The highest BCUT2D eigenvalue weighted by Gasteiger charge is 2.57. The minimum Gasteiger partial charge on any atom is -0.464 e. The third-order valence-electron chi connectivity index (χ3n) is 7.13. The van der Waals surface area contributed by atoms with Crippen LogP contribution in [-0.4, -0.2) is 67.8 Å². The van der Waals surface area contributed by atoms with Gasteiger partial charge in [0.15, 0.2) is 5.82 Å². The topological polar surface area (TPSA) is 204 Å². The fraction of sp³-hybridized carbons (Fsp3) is 0.481. The first-order valence-corrected chi connectivity index (χ1v) is 14.8. The molecule has 226 valence electrons. The Bertz CT molecular complexity index is 1490. The number of ether oxygens (including phenoxy) is 2. The summed E-state index contributed by atoms with van der Waals surface area (Å²) in [6.07, 6.45) is -2.64. The number of nitrogen functional groups attached to an aromatic ring is 1. The first-order chi connectivity index (χ1) is 19.8. The molecule has 6 atom stereocenters. The molecule has 15 heteroatoms. The van der Waals surface area contributed by atoms with E-state index in [0.29, 0.717) is 5.52 Å². The van der Waals surface area contributed by atoms with Gasteiger partial charge in [-0.15, -0.1) is 0 Å². The number of para-hydroxylation sites is 1. The zero-order chi connectivity index (χ0) is 30.7. The maximum Gasteiger partial charge on any atom is 0.459 e. The van der Waals surface area contributed by atoms with E-state index < -0.39 is 50.3 Å². The molecule has 0 saturated carbocycles. The number of aliphatic hydroxyl groups is 2. The molecule has 2 aromatic heterocycles. The van der Waals surface area contributed by atoms with Crippen LogP contribution in [0.25, 0.3) is 5.52 Å². The number of carbonyl (C=O) groups is 1. The molecule has 0 amide bonds. The molecule has 4 rings (SSSR count). The summed E-state index contributed by atoms with van der Waals surface area (Å²) in [4.78, 5) is 16.6. The van der Waals surface area contributed by atoms with Gasteiger partial charge in [0.2, 0.25) is 5.60 Å². The summed E-state index contributed by atoms with van der Waals surface area (Å²) in [7, 11) is -4.42. The molecule has 0 bridgehead atoms. The molecule has 14 nitrogen and oxygen atoms in total. The molecule has 42 heavy (non-hydrogen) atoms. The van der Waals surface area contributed by atoms with Gasteiger partial charge in [-0.2, -0.15) is 15.4 Å². The van der Waals surface area contributed by atoms with Crippen molar-refractivity contribution >= 4 is 25.1 Å². The van der Waals surface area contributed by atoms with Crippen molar-refractivity contribution in [3.8, 4) is 11.8 Å². The van der Waals surface area contributed by atoms with Crippen molar-refractivity contribution in [1.82, 2.24) is 19.7 Å². The molecular formula is C27H35N6O8P. The number of nitrogens with two attached hydrogens (primary N) is 1. The second kappa shape index (κ2) is 12.3. The van der Waals surface area contributed by atoms with E-state index in [2.05, 4.69) is 15.2 Å². The van der Waals surface area contributed by atoms with E-state index >= 15 is 0 Å². The number of hydrogen-bond acceptors (Lipinski definition) is 12. The Balaban J connectivity index is 1.56. The largest absolute Gasteiger partial charge is 0.464 e. The normalized spacial score (nSPS) is 24.5. The summed E-state index contributed by atoms with van der Waals surface area (Å²) in [6, 6.07) is 11.9. The predicted molar refractivity (Wildman–Crippen MR) is 150 cm³/mol. The van der Waals surface area contributed by atoms with Gasteiger partial charge in [-0.1, -0.05) is 39.0 Å². The van der Waals surface area contributed by atoms with Crippen molar-refractivity contribution in [2.45, 2.75) is 64.1 Å². The summed E-state index contributed by atoms with van der Waals surface area (Å²) in [5.74, 6) is -0.370. The van der Waals surface area contributed by atoms with E-state index in [9.17, 15) is 24.8 Å². The fourth-order valence-corrected chi connectivity index (χ4v) is 5.67. The van der Waals surface area contributed by atoms with Crippen LogP contribution in [-0.2, 0) is 23.4 Å². The Morgan fingerprint density at radius 2 is 2.02 bits per heavy atom. The Labute approximate surface area is 242 Å². The lowest BCUT2D eigenvalue weighted by Crippen LogP contribution is -2.46. The van der Waals surface area contributed by atoms with Crippen molar-refractivity contribution in [3.63, 3.8) is 0 Å². The van der Waals surface area contributed by atoms with Gasteiger partial charge in [0.05, 0.1) is 12.3 Å². The number of benzene rings is 1. The Morgan fingerprint density at radius 1 is 1.31 bits per heavy atom. The van der Waals surface area contributed by atoms with E-state index in [4.69, 9.17) is 24.3 Å². The van der Waals surface area contributed by atoms with Gasteiger partial charge in [0.25, 0.3) is 0 Å². The second-order valence-electron chi connectivity index (χ2n) is 10.8. The summed E-state index contributed by atoms with van der Waals surface area (Å²) in [5.41, 5.74) is 4.17. The third kappa shape index (κ3) is 6.57. The molecule has 0 spiro atoms. The Hall–Kier alpha value is -3.57. The predicted octanol–water partition coefficient (Wildman–Crippen LogP) is 2.53. The summed E-state index contributed by atoms with van der Waals surface area (Å²) in [6.45, 7) is 6.62. The average Bonchev–Trinajstić information content (AvgIpc) is 3.51. The minimum atomic E-state index is -4.42. The van der Waals surface area contributed by atoms with Crippen LogP contribution in [0.3, 0.4) is 0 Å². The van der Waals surface area contributed by atoms with Gasteiger partial charge in [0, 0.05) is 0 Å². The number of aromatic nitrogens is 3. The fourth-order valence-electron chi connectivity index (χ4n) is 4.15. The smallest absolute Gasteiger partial charge is 0.459 e. The number of anilines is 1. The number of nitrogens with one attached hydrogen (secondary N) is 1. The molecule has 1 fully saturated rings. The summed E-state index contributed by atoms with van der Waals surface area (Å²) >= 11 is 0. The number of nitriles is 1. The van der Waals surface area contributed by atoms with Gasteiger partial charge in [-0.3, -0.25) is 9.32 Å². The number of rotatable bonds is 12. The molecule has 3 heterocycles. The highest BCUT2D eigenvalue weighted by Crippen LogP contribution is 2.48. The van der Waals surface area contributed by atoms with Crippen LogP contribution in [0.2, 0.25) is 0 Å². The highest BCUT2D eigenvalue weighted by molar-refractivity contribution is 7.52. The molecule has 1 aliphatic rings. The maximum atomic E-state index is 14.0. The van der Waals surface area contributed by atoms with Crippen molar-refractivity contribution in [1.29, 1.82) is 5.26 Å². The van der Waals surface area contributed by atoms with E-state index in [1.165, 1.54) is 29.9 Å². The maximum absolute atomic E-state index is 14.0. The monoisotopic (exact) mass is 602 g/mol. The molecule has 0 radical (unpaired) electrons. The number of fused-ring (bicyclic) bond motifs is 1. The number of esters is 1. The first-order valence-electron chi connectivity index (χ1n) is 13.3. The van der Waals surface area contributed by atoms with E-state index in [0.717, 1.165) is 6.42 Å². The third-order valence-corrected chi connectivity index (χ3v) is 8.75. The van der Waals surface area contributed by atoms with Gasteiger partial charge >= 0.3 is 13.7 Å². The Morgan fingerprint density at radius 3 is 2.69 bits per heavy atom. The lowest BCUT2D eigenvalue weighted by Gasteiger charge is -2.28. The molecule has 5 N–H and O–H groups in total. The number of hydrogen-bond donors (Lipinski definition) is 4. The average molecular weight is 603 g/mol. The first kappa shape index (κ1) is 31.4. The van der Waals surface area contributed by atoms with Crippen LogP contribution in [0.1, 0.15) is 45.9 Å². The van der Waals surface area contributed by atoms with E-state index in [1.807, 2.05) is 26.8 Å². The van der Waals surface area contributed by atoms with Crippen LogP contribution in [0.4, 0.5) is 5.82 Å². The SMILES string of the molecule is CCC(C)(C)COC(=O)[C@H](C)N[P@](=O)(OC[C@@]1(C#N)O[C@@H](c2ccc3c(N)ncnn23)[C@H](O)[C@@H]1O)Oc1ccccc1. The van der Waals surface area contributed by atoms with Crippen LogP contribution in [0.5, 0.6) is 5.75 Å². The summed E-state index contributed by atoms with van der Waals surface area (Å²) < 4.78 is 37.9. The van der Waals surface area contributed by atoms with Crippen molar-refractivity contribution in [3.05, 3.63) is 54.5 Å². The lowest BCUT2D eigenvalue weighted by molar-refractivity contribution is -0.148. The lowest BCUT2D eigenvalue weighted by atomic mass is 9.92. The molecule has 1 saturated heterocycles. The van der Waals surface area contributed by atoms with Gasteiger partial charge in [-0.25, -0.2) is 14.1 Å². The van der Waals surface area contributed by atoms with Crippen LogP contribution in [0.15, 0.2) is 48.8 Å². The van der Waals surface area contributed by atoms with Gasteiger partial charge in [0.1, 0.15) is 54.6 Å². The second-order valence-corrected chi connectivity index (χ2v) is 12.5. The standard InChI is InChI=1S/C27H35N6O8P/c1-5-26(3,4)14-38-25(36)17(2)32-42(37,41-18-9-7-6-8-10-18)39-15-27(13-28)23(35)21(34)22(40-27)19-11-12-20-24(29)30-16-31-33(19)20/h6-12,16-17,21-23,34-35H,5,14-15H2,1-4H3,(H,32,37)(H2,29,30,31)/t17-,21-,22-,23-,27+,42-/m0/s1. The summed E-state index contributed by atoms with van der Waals surface area (Å²) in [5, 5.41) is 38.6. The van der Waals surface area contributed by atoms with Crippen molar-refractivity contribution in [2.24, 2.45) is 5.41 Å². The molecule has 0 unspecified atom stereocenters. The van der Waals surface area contributed by atoms with Crippen LogP contribution in [0, 0.1) is 16.7 Å².